The number of anilines is 1. The molecule has 0 aromatic heterocycles. The number of hydrogen-bond donors (Lipinski definition) is 1. The van der Waals surface area contributed by atoms with E-state index >= 15 is 0 Å². The lowest BCUT2D eigenvalue weighted by atomic mass is 10.1. The Labute approximate surface area is 268 Å². The number of sulfonamides is 1. The lowest BCUT2D eigenvalue weighted by Gasteiger charge is -2.33. The monoisotopic (exact) mass is 653 g/mol. The second-order valence-corrected chi connectivity index (χ2v) is 12.7. The zero-order valence-corrected chi connectivity index (χ0v) is 26.9. The fourth-order valence-electron chi connectivity index (χ4n) is 4.59. The van der Waals surface area contributed by atoms with E-state index in [1.54, 1.807) is 73.7 Å². The van der Waals surface area contributed by atoms with Crippen molar-refractivity contribution in [1.29, 1.82) is 0 Å². The summed E-state index contributed by atoms with van der Waals surface area (Å²) in [5, 5.41) is 3.34. The molecule has 1 N–H and O–H groups in total. The number of aryl methyl sites for hydroxylation is 1. The first kappa shape index (κ1) is 32.9. The molecule has 0 aliphatic heterocycles. The number of nitrogens with zero attached hydrogens (tertiary/aromatic N) is 2. The van der Waals surface area contributed by atoms with Crippen molar-refractivity contribution in [3.8, 4) is 11.5 Å². The third kappa shape index (κ3) is 7.91. The van der Waals surface area contributed by atoms with Crippen LogP contribution in [-0.2, 0) is 26.2 Å². The smallest absolute Gasteiger partial charge is 0.264 e. The summed E-state index contributed by atoms with van der Waals surface area (Å²) in [6.45, 7) is 3.01. The summed E-state index contributed by atoms with van der Waals surface area (Å²) in [6, 6.07) is 26.0. The minimum atomic E-state index is -4.22. The maximum Gasteiger partial charge on any atom is 0.264 e. The van der Waals surface area contributed by atoms with Gasteiger partial charge in [0, 0.05) is 23.6 Å². The van der Waals surface area contributed by atoms with Crippen LogP contribution in [0.15, 0.2) is 102 Å². The van der Waals surface area contributed by atoms with Crippen LogP contribution in [0.3, 0.4) is 0 Å². The van der Waals surface area contributed by atoms with Gasteiger partial charge in [0.2, 0.25) is 11.8 Å². The minimum absolute atomic E-state index is 0.0196. The van der Waals surface area contributed by atoms with E-state index in [-0.39, 0.29) is 29.5 Å². The van der Waals surface area contributed by atoms with Gasteiger partial charge in [0.25, 0.3) is 10.0 Å². The van der Waals surface area contributed by atoms with E-state index in [1.807, 2.05) is 25.1 Å². The van der Waals surface area contributed by atoms with Crippen molar-refractivity contribution >= 4 is 50.7 Å². The van der Waals surface area contributed by atoms with Gasteiger partial charge < -0.3 is 15.0 Å². The van der Waals surface area contributed by atoms with Crippen LogP contribution >= 0.6 is 23.2 Å². The van der Waals surface area contributed by atoms with E-state index in [1.165, 1.54) is 24.1 Å². The molecule has 4 rings (SSSR count). The molecule has 0 aliphatic rings. The number of benzene rings is 4. The van der Waals surface area contributed by atoms with E-state index in [0.29, 0.717) is 27.1 Å². The van der Waals surface area contributed by atoms with E-state index in [4.69, 9.17) is 27.9 Å². The molecular weight excluding hydrogens is 621 g/mol. The van der Waals surface area contributed by atoms with E-state index in [9.17, 15) is 18.0 Å². The predicted octanol–water partition coefficient (Wildman–Crippen LogP) is 6.84. The number of ether oxygens (including phenoxy) is 1. The van der Waals surface area contributed by atoms with Gasteiger partial charge in [-0.15, -0.1) is 0 Å². The maximum atomic E-state index is 14.1. The quantitative estimate of drug-likeness (QED) is 0.181. The summed E-state index contributed by atoms with van der Waals surface area (Å²) >= 11 is 12.5. The van der Waals surface area contributed by atoms with Crippen LogP contribution in [0.1, 0.15) is 24.5 Å². The molecular formula is C33H33Cl2N3O5S. The standard InChI is InChI=1S/C33H33Cl2N3O5S/c1-4-31(33(40)36-3)37(21-24-12-13-25(34)20-30(24)35)32(39)22-38(44(41,42)29-18-10-23(2)11-19-29)26-14-16-28(17-15-26)43-27-8-6-5-7-9-27/h5-20,31H,4,21-22H2,1-3H3,(H,36,40). The SMILES string of the molecule is CCC(C(=O)NC)N(Cc1ccc(Cl)cc1Cl)C(=O)CN(c1ccc(Oc2ccccc2)cc1)S(=O)(=O)c1ccc(C)cc1. The Morgan fingerprint density at radius 2 is 1.52 bits per heavy atom. The van der Waals surface area contributed by atoms with Gasteiger partial charge in [-0.05, 0) is 79.6 Å². The van der Waals surface area contributed by atoms with Crippen LogP contribution in [0.4, 0.5) is 5.69 Å². The van der Waals surface area contributed by atoms with Crippen LogP contribution in [0.25, 0.3) is 0 Å². The number of halogens is 2. The van der Waals surface area contributed by atoms with E-state index < -0.39 is 28.5 Å². The van der Waals surface area contributed by atoms with Gasteiger partial charge in [0.05, 0.1) is 10.6 Å². The Morgan fingerprint density at radius 3 is 2.11 bits per heavy atom. The second-order valence-electron chi connectivity index (χ2n) is 10.0. The number of carbonyl (C=O) groups is 2. The highest BCUT2D eigenvalue weighted by Gasteiger charge is 2.33. The average Bonchev–Trinajstić information content (AvgIpc) is 3.01. The van der Waals surface area contributed by atoms with Crippen molar-refractivity contribution < 1.29 is 22.7 Å². The van der Waals surface area contributed by atoms with Crippen molar-refractivity contribution in [2.45, 2.75) is 37.8 Å². The molecule has 0 saturated heterocycles. The Balaban J connectivity index is 1.73. The topological polar surface area (TPSA) is 96.0 Å². The number of amides is 2. The summed E-state index contributed by atoms with van der Waals surface area (Å²) in [7, 11) is -2.73. The maximum absolute atomic E-state index is 14.1. The molecule has 0 fully saturated rings. The molecule has 230 valence electrons. The highest BCUT2D eigenvalue weighted by atomic mass is 35.5. The van der Waals surface area contributed by atoms with Gasteiger partial charge in [-0.1, -0.05) is 72.1 Å². The summed E-state index contributed by atoms with van der Waals surface area (Å²) in [6.07, 6.45) is 0.285. The Hall–Kier alpha value is -4.05. The molecule has 4 aromatic carbocycles. The fourth-order valence-corrected chi connectivity index (χ4v) is 6.47. The van der Waals surface area contributed by atoms with Gasteiger partial charge in [-0.2, -0.15) is 0 Å². The van der Waals surface area contributed by atoms with Crippen molar-refractivity contribution in [3.63, 3.8) is 0 Å². The molecule has 0 bridgehead atoms. The number of nitrogens with one attached hydrogen (secondary N) is 1. The molecule has 2 amide bonds. The molecule has 0 heterocycles. The summed E-state index contributed by atoms with van der Waals surface area (Å²) in [4.78, 5) is 28.4. The number of hydrogen-bond acceptors (Lipinski definition) is 5. The second kappa shape index (κ2) is 14.6. The van der Waals surface area contributed by atoms with Crippen LogP contribution < -0.4 is 14.4 Å². The fraction of sp³-hybridized carbons (Fsp3) is 0.212. The first-order chi connectivity index (χ1) is 21.0. The highest BCUT2D eigenvalue weighted by Crippen LogP contribution is 2.29. The zero-order valence-electron chi connectivity index (χ0n) is 24.5. The van der Waals surface area contributed by atoms with Gasteiger partial charge >= 0.3 is 0 Å². The third-order valence-electron chi connectivity index (χ3n) is 6.98. The Bertz CT molecular complexity index is 1700. The number of para-hydroxylation sites is 1. The molecule has 0 radical (unpaired) electrons. The first-order valence-electron chi connectivity index (χ1n) is 13.9. The van der Waals surface area contributed by atoms with Crippen molar-refractivity contribution in [3.05, 3.63) is 118 Å². The molecule has 44 heavy (non-hydrogen) atoms. The van der Waals surface area contributed by atoms with Crippen LogP contribution in [-0.4, -0.2) is 44.8 Å². The first-order valence-corrected chi connectivity index (χ1v) is 16.1. The van der Waals surface area contributed by atoms with Gasteiger partial charge in [0.1, 0.15) is 24.1 Å². The number of carbonyl (C=O) groups excluding carboxylic acids is 2. The lowest BCUT2D eigenvalue weighted by Crippen LogP contribution is -2.51. The number of likely N-dealkylation sites (N-methyl/N-ethyl adjacent to an activating group) is 1. The molecule has 8 nitrogen and oxygen atoms in total. The Morgan fingerprint density at radius 1 is 0.886 bits per heavy atom. The summed E-state index contributed by atoms with van der Waals surface area (Å²) < 4.78 is 35.1. The van der Waals surface area contributed by atoms with Crippen LogP contribution in [0.5, 0.6) is 11.5 Å². The summed E-state index contributed by atoms with van der Waals surface area (Å²) in [5.41, 5.74) is 1.69. The highest BCUT2D eigenvalue weighted by molar-refractivity contribution is 7.92. The van der Waals surface area contributed by atoms with Crippen LogP contribution in [0, 0.1) is 6.92 Å². The largest absolute Gasteiger partial charge is 0.457 e. The zero-order chi connectivity index (χ0) is 31.9. The Kier molecular flexibility index (Phi) is 10.9. The van der Waals surface area contributed by atoms with Crippen molar-refractivity contribution in [1.82, 2.24) is 10.2 Å². The van der Waals surface area contributed by atoms with E-state index in [0.717, 1.165) is 9.87 Å². The third-order valence-corrected chi connectivity index (χ3v) is 9.35. The molecule has 0 aliphatic carbocycles. The number of rotatable bonds is 12. The van der Waals surface area contributed by atoms with Gasteiger partial charge in [-0.3, -0.25) is 13.9 Å². The molecule has 0 spiro atoms. The predicted molar refractivity (Wildman–Crippen MR) is 174 cm³/mol. The van der Waals surface area contributed by atoms with Gasteiger partial charge in [0.15, 0.2) is 0 Å². The molecule has 4 aromatic rings. The van der Waals surface area contributed by atoms with Crippen molar-refractivity contribution in [2.75, 3.05) is 17.9 Å². The molecule has 1 atom stereocenters. The van der Waals surface area contributed by atoms with Crippen molar-refractivity contribution in [2.24, 2.45) is 0 Å². The summed E-state index contributed by atoms with van der Waals surface area (Å²) in [5.74, 6) is 0.132. The lowest BCUT2D eigenvalue weighted by molar-refractivity contribution is -0.140. The minimum Gasteiger partial charge on any atom is -0.457 e. The van der Waals surface area contributed by atoms with E-state index in [2.05, 4.69) is 5.32 Å². The van der Waals surface area contributed by atoms with Gasteiger partial charge in [-0.25, -0.2) is 8.42 Å². The molecule has 1 unspecified atom stereocenters. The molecule has 0 saturated carbocycles. The molecule has 11 heteroatoms. The average molecular weight is 655 g/mol. The van der Waals surface area contributed by atoms with Crippen LogP contribution in [0.2, 0.25) is 10.0 Å². The normalized spacial score (nSPS) is 11.8.